The number of aromatic amines is 1. The molecule has 6 heteroatoms. The highest BCUT2D eigenvalue weighted by Crippen LogP contribution is 2.15. The zero-order valence-electron chi connectivity index (χ0n) is 11.6. The molecule has 0 fully saturated rings. The van der Waals surface area contributed by atoms with Crippen LogP contribution in [0.25, 0.3) is 11.0 Å². The Morgan fingerprint density at radius 1 is 1.27 bits per heavy atom. The Morgan fingerprint density at radius 3 is 3.00 bits per heavy atom. The highest BCUT2D eigenvalue weighted by molar-refractivity contribution is 6.30. The predicted octanol–water partition coefficient (Wildman–Crippen LogP) is 3.33. The van der Waals surface area contributed by atoms with Crippen LogP contribution in [0.3, 0.4) is 0 Å². The number of carbonyl (C=O) groups excluding carboxylic acids is 1. The molecule has 3 aromatic rings. The summed E-state index contributed by atoms with van der Waals surface area (Å²) in [5.41, 5.74) is 2.62. The van der Waals surface area contributed by atoms with E-state index in [4.69, 9.17) is 11.6 Å². The van der Waals surface area contributed by atoms with Crippen molar-refractivity contribution in [2.45, 2.75) is 6.42 Å². The minimum atomic E-state index is -0.322. The zero-order valence-corrected chi connectivity index (χ0v) is 12.3. The normalized spacial score (nSPS) is 10.8. The van der Waals surface area contributed by atoms with Crippen LogP contribution in [0.4, 0.5) is 4.39 Å². The number of fused-ring (bicyclic) bond motifs is 1. The molecule has 1 amide bonds. The number of nitrogens with one attached hydrogen (secondary N) is 2. The van der Waals surface area contributed by atoms with Crippen molar-refractivity contribution < 1.29 is 9.18 Å². The Morgan fingerprint density at radius 2 is 2.14 bits per heavy atom. The Kier molecular flexibility index (Phi) is 4.06. The first-order chi connectivity index (χ1) is 10.6. The number of benzene rings is 2. The fourth-order valence-corrected chi connectivity index (χ4v) is 2.42. The average Bonchev–Trinajstić information content (AvgIpc) is 2.98. The molecule has 1 aromatic heterocycles. The summed E-state index contributed by atoms with van der Waals surface area (Å²) in [5, 5.41) is 3.25. The summed E-state index contributed by atoms with van der Waals surface area (Å²) in [6.07, 6.45) is 1.96. The van der Waals surface area contributed by atoms with Crippen LogP contribution in [0.5, 0.6) is 0 Å². The summed E-state index contributed by atoms with van der Waals surface area (Å²) in [5.74, 6) is -0.531. The molecule has 0 bridgehead atoms. The molecule has 1 heterocycles. The monoisotopic (exact) mass is 317 g/mol. The molecule has 0 radical (unpaired) electrons. The molecule has 0 aliphatic heterocycles. The number of hydrogen-bond acceptors (Lipinski definition) is 2. The molecule has 0 spiro atoms. The van der Waals surface area contributed by atoms with Crippen LogP contribution in [-0.4, -0.2) is 22.4 Å². The number of halogens is 2. The van der Waals surface area contributed by atoms with Gasteiger partial charge >= 0.3 is 0 Å². The number of nitrogens with zero attached hydrogens (tertiary/aromatic N) is 1. The molecule has 2 N–H and O–H groups in total. The quantitative estimate of drug-likeness (QED) is 0.775. The lowest BCUT2D eigenvalue weighted by atomic mass is 10.1. The zero-order chi connectivity index (χ0) is 15.5. The number of carbonyl (C=O) groups is 1. The van der Waals surface area contributed by atoms with E-state index in [0.717, 1.165) is 11.0 Å². The van der Waals surface area contributed by atoms with Crippen molar-refractivity contribution in [3.63, 3.8) is 0 Å². The van der Waals surface area contributed by atoms with Crippen molar-refractivity contribution in [3.05, 3.63) is 64.7 Å². The van der Waals surface area contributed by atoms with Crippen LogP contribution < -0.4 is 5.32 Å². The first kappa shape index (κ1) is 14.5. The van der Waals surface area contributed by atoms with Gasteiger partial charge in [-0.3, -0.25) is 4.79 Å². The number of aromatic nitrogens is 2. The van der Waals surface area contributed by atoms with E-state index in [2.05, 4.69) is 15.3 Å². The Balaban J connectivity index is 1.63. The maximum Gasteiger partial charge on any atom is 0.251 e. The fourth-order valence-electron chi connectivity index (χ4n) is 2.22. The van der Waals surface area contributed by atoms with Crippen molar-refractivity contribution >= 4 is 28.5 Å². The average molecular weight is 318 g/mol. The molecule has 2 aromatic carbocycles. The third-order valence-corrected chi connectivity index (χ3v) is 3.61. The van der Waals surface area contributed by atoms with Gasteiger partial charge in [-0.25, -0.2) is 9.37 Å². The summed E-state index contributed by atoms with van der Waals surface area (Å²) >= 11 is 5.84. The molecule has 4 nitrogen and oxygen atoms in total. The highest BCUT2D eigenvalue weighted by atomic mass is 35.5. The third kappa shape index (κ3) is 3.09. The summed E-state index contributed by atoms with van der Waals surface area (Å²) < 4.78 is 13.6. The van der Waals surface area contributed by atoms with Gasteiger partial charge in [0.05, 0.1) is 17.4 Å². The predicted molar refractivity (Wildman–Crippen MR) is 83.5 cm³/mol. The second kappa shape index (κ2) is 6.15. The van der Waals surface area contributed by atoms with Crippen molar-refractivity contribution in [2.24, 2.45) is 0 Å². The Hall–Kier alpha value is -2.40. The van der Waals surface area contributed by atoms with Gasteiger partial charge in [0.1, 0.15) is 5.82 Å². The first-order valence-corrected chi connectivity index (χ1v) is 7.16. The van der Waals surface area contributed by atoms with E-state index in [9.17, 15) is 9.18 Å². The first-order valence-electron chi connectivity index (χ1n) is 6.79. The van der Waals surface area contributed by atoms with E-state index in [1.807, 2.05) is 0 Å². The smallest absolute Gasteiger partial charge is 0.251 e. The van der Waals surface area contributed by atoms with Gasteiger partial charge in [0.15, 0.2) is 0 Å². The molecular formula is C16H13ClFN3O. The van der Waals surface area contributed by atoms with Gasteiger partial charge in [-0.05, 0) is 48.4 Å². The summed E-state index contributed by atoms with van der Waals surface area (Å²) in [6, 6.07) is 9.61. The van der Waals surface area contributed by atoms with Crippen LogP contribution in [0.15, 0.2) is 42.7 Å². The van der Waals surface area contributed by atoms with E-state index >= 15 is 0 Å². The van der Waals surface area contributed by atoms with Gasteiger partial charge < -0.3 is 10.3 Å². The summed E-state index contributed by atoms with van der Waals surface area (Å²) in [7, 11) is 0. The molecule has 0 unspecified atom stereocenters. The number of hydrogen-bond donors (Lipinski definition) is 2. The van der Waals surface area contributed by atoms with Crippen LogP contribution in [0.2, 0.25) is 5.02 Å². The van der Waals surface area contributed by atoms with Crippen molar-refractivity contribution in [1.29, 1.82) is 0 Å². The third-order valence-electron chi connectivity index (χ3n) is 3.37. The minimum absolute atomic E-state index is 0.209. The van der Waals surface area contributed by atoms with E-state index in [1.54, 1.807) is 30.6 Å². The molecule has 112 valence electrons. The second-order valence-electron chi connectivity index (χ2n) is 4.88. The number of rotatable bonds is 4. The van der Waals surface area contributed by atoms with Gasteiger partial charge in [0, 0.05) is 17.1 Å². The SMILES string of the molecule is O=C(NCCc1cc(Cl)ccc1F)c1ccc2nc[nH]c2c1. The lowest BCUT2D eigenvalue weighted by molar-refractivity contribution is 0.0954. The van der Waals surface area contributed by atoms with Crippen molar-refractivity contribution in [3.8, 4) is 0 Å². The highest BCUT2D eigenvalue weighted by Gasteiger charge is 2.08. The van der Waals surface area contributed by atoms with E-state index in [-0.39, 0.29) is 11.7 Å². The number of amides is 1. The number of H-pyrrole nitrogens is 1. The lowest BCUT2D eigenvalue weighted by Gasteiger charge is -2.07. The van der Waals surface area contributed by atoms with Crippen LogP contribution in [0.1, 0.15) is 15.9 Å². The van der Waals surface area contributed by atoms with E-state index in [0.29, 0.717) is 29.1 Å². The lowest BCUT2D eigenvalue weighted by Crippen LogP contribution is -2.25. The van der Waals surface area contributed by atoms with Crippen LogP contribution >= 0.6 is 11.6 Å². The second-order valence-corrected chi connectivity index (χ2v) is 5.31. The van der Waals surface area contributed by atoms with Gasteiger partial charge in [-0.2, -0.15) is 0 Å². The largest absolute Gasteiger partial charge is 0.352 e. The molecule has 0 aliphatic rings. The standard InChI is InChI=1S/C16H13ClFN3O/c17-12-2-3-13(18)10(7-12)5-6-19-16(22)11-1-4-14-15(8-11)21-9-20-14/h1-4,7-9H,5-6H2,(H,19,22)(H,20,21). The molecule has 0 saturated heterocycles. The number of imidazole rings is 1. The van der Waals surface area contributed by atoms with Crippen molar-refractivity contribution in [2.75, 3.05) is 6.54 Å². The summed E-state index contributed by atoms with van der Waals surface area (Å²) in [6.45, 7) is 0.330. The van der Waals surface area contributed by atoms with Crippen LogP contribution in [-0.2, 0) is 6.42 Å². The Bertz CT molecular complexity index is 831. The van der Waals surface area contributed by atoms with Gasteiger partial charge in [0.2, 0.25) is 0 Å². The molecule has 22 heavy (non-hydrogen) atoms. The minimum Gasteiger partial charge on any atom is -0.352 e. The van der Waals surface area contributed by atoms with Crippen molar-refractivity contribution in [1.82, 2.24) is 15.3 Å². The van der Waals surface area contributed by atoms with Gasteiger partial charge in [-0.1, -0.05) is 11.6 Å². The maximum atomic E-state index is 13.6. The topological polar surface area (TPSA) is 57.8 Å². The van der Waals surface area contributed by atoms with E-state index < -0.39 is 0 Å². The molecule has 0 aliphatic carbocycles. The molecule has 3 rings (SSSR count). The molecule has 0 saturated carbocycles. The van der Waals surface area contributed by atoms with Gasteiger partial charge in [-0.15, -0.1) is 0 Å². The van der Waals surface area contributed by atoms with Gasteiger partial charge in [0.25, 0.3) is 5.91 Å². The van der Waals surface area contributed by atoms with E-state index in [1.165, 1.54) is 12.1 Å². The molecular weight excluding hydrogens is 305 g/mol. The van der Waals surface area contributed by atoms with Crippen LogP contribution in [0, 0.1) is 5.82 Å². The molecule has 0 atom stereocenters. The fraction of sp³-hybridized carbons (Fsp3) is 0.125. The maximum absolute atomic E-state index is 13.6. The Labute approximate surface area is 131 Å². The summed E-state index contributed by atoms with van der Waals surface area (Å²) in [4.78, 5) is 19.1.